The normalized spacial score (nSPS) is 18.8. The van der Waals surface area contributed by atoms with Gasteiger partial charge in [0.25, 0.3) is 0 Å². The number of aromatic nitrogens is 2. The molecule has 8 heteroatoms. The Balaban J connectivity index is 1.81. The molecule has 25 heavy (non-hydrogen) atoms. The summed E-state index contributed by atoms with van der Waals surface area (Å²) in [5, 5.41) is 7.12. The molecular weight excluding hydrogens is 333 g/mol. The predicted molar refractivity (Wildman–Crippen MR) is 85.9 cm³/mol. The number of rotatable bonds is 4. The number of benzene rings is 1. The largest absolute Gasteiger partial charge is 0.416 e. The van der Waals surface area contributed by atoms with E-state index in [-0.39, 0.29) is 12.1 Å². The highest BCUT2D eigenvalue weighted by Gasteiger charge is 2.32. The molecule has 3 rings (SSSR count). The summed E-state index contributed by atoms with van der Waals surface area (Å²) in [6.07, 6.45) is -1.27. The first-order chi connectivity index (χ1) is 11.7. The van der Waals surface area contributed by atoms with Crippen molar-refractivity contribution in [2.24, 2.45) is 5.92 Å². The van der Waals surface area contributed by atoms with Crippen LogP contribution >= 0.6 is 0 Å². The topological polar surface area (TPSA) is 50.2 Å². The highest BCUT2D eigenvalue weighted by atomic mass is 19.4. The van der Waals surface area contributed by atoms with E-state index in [4.69, 9.17) is 0 Å². The molecule has 5 nitrogen and oxygen atoms in total. The maximum absolute atomic E-state index is 12.6. The van der Waals surface area contributed by atoms with E-state index in [1.807, 2.05) is 4.90 Å². The molecular formula is C17H19F3N4O. The lowest BCUT2D eigenvalue weighted by molar-refractivity contribution is -0.137. The summed E-state index contributed by atoms with van der Waals surface area (Å²) < 4.78 is 39.4. The number of hydrogen-bond acceptors (Lipinski definition) is 3. The van der Waals surface area contributed by atoms with Gasteiger partial charge in [-0.1, -0.05) is 13.8 Å². The van der Waals surface area contributed by atoms with Gasteiger partial charge in [0.2, 0.25) is 5.91 Å². The van der Waals surface area contributed by atoms with Gasteiger partial charge >= 0.3 is 6.18 Å². The average Bonchev–Trinajstić information content (AvgIpc) is 3.12. The molecule has 1 aliphatic rings. The van der Waals surface area contributed by atoms with Crippen LogP contribution in [0.15, 0.2) is 36.7 Å². The molecule has 2 aromatic rings. The summed E-state index contributed by atoms with van der Waals surface area (Å²) in [6, 6.07) is 4.80. The molecule has 0 aliphatic carbocycles. The summed E-state index contributed by atoms with van der Waals surface area (Å²) in [7, 11) is 0. The summed E-state index contributed by atoms with van der Waals surface area (Å²) in [4.78, 5) is 13.8. The van der Waals surface area contributed by atoms with Gasteiger partial charge in [-0.15, -0.1) is 0 Å². The summed E-state index contributed by atoms with van der Waals surface area (Å²) in [5.74, 6) is 0.355. The first-order valence-electron chi connectivity index (χ1n) is 7.99. The van der Waals surface area contributed by atoms with Crippen LogP contribution in [0.5, 0.6) is 0 Å². The third-order valence-electron chi connectivity index (χ3n) is 3.99. The molecule has 1 amide bonds. The molecule has 1 atom stereocenters. The molecule has 1 aliphatic heterocycles. The van der Waals surface area contributed by atoms with Crippen molar-refractivity contribution in [3.8, 4) is 5.69 Å². The first kappa shape index (κ1) is 17.5. The van der Waals surface area contributed by atoms with Gasteiger partial charge in [0.15, 0.2) is 0 Å². The van der Waals surface area contributed by atoms with Crippen molar-refractivity contribution in [3.05, 3.63) is 47.8 Å². The van der Waals surface area contributed by atoms with E-state index in [1.54, 1.807) is 12.4 Å². The Morgan fingerprint density at radius 3 is 2.56 bits per heavy atom. The average molecular weight is 352 g/mol. The monoisotopic (exact) mass is 352 g/mol. The number of nitrogens with zero attached hydrogens (tertiary/aromatic N) is 3. The van der Waals surface area contributed by atoms with Crippen LogP contribution < -0.4 is 5.32 Å². The van der Waals surface area contributed by atoms with Crippen LogP contribution in [0.3, 0.4) is 0 Å². The Labute approximate surface area is 143 Å². The zero-order valence-electron chi connectivity index (χ0n) is 13.9. The minimum absolute atomic E-state index is 0.0482. The van der Waals surface area contributed by atoms with Gasteiger partial charge in [0, 0.05) is 18.3 Å². The van der Waals surface area contributed by atoms with Gasteiger partial charge in [-0.05, 0) is 30.2 Å². The SMILES string of the molecule is CC(C)CN1CC(=O)NC1c1cnn(-c2ccc(C(F)(F)F)cc2)c1. The third-order valence-corrected chi connectivity index (χ3v) is 3.99. The number of carbonyl (C=O) groups excluding carboxylic acids is 1. The summed E-state index contributed by atoms with van der Waals surface area (Å²) in [5.41, 5.74) is 0.625. The number of alkyl halides is 3. The standard InChI is InChI=1S/C17H19F3N4O/c1-11(2)8-23-10-15(25)22-16(23)12-7-21-24(9-12)14-5-3-13(4-6-14)17(18,19)20/h3-7,9,11,16H,8,10H2,1-2H3,(H,22,25). The van der Waals surface area contributed by atoms with Crippen molar-refractivity contribution >= 4 is 5.91 Å². The lowest BCUT2D eigenvalue weighted by atomic mass is 10.2. The van der Waals surface area contributed by atoms with Crippen LogP contribution in [0, 0.1) is 5.92 Å². The number of halogens is 3. The third kappa shape index (κ3) is 3.84. The Morgan fingerprint density at radius 2 is 1.96 bits per heavy atom. The van der Waals surface area contributed by atoms with Gasteiger partial charge < -0.3 is 5.32 Å². The van der Waals surface area contributed by atoms with E-state index in [0.717, 1.165) is 24.2 Å². The molecule has 1 aromatic carbocycles. The number of amides is 1. The molecule has 0 radical (unpaired) electrons. The molecule has 0 bridgehead atoms. The van der Waals surface area contributed by atoms with Crippen molar-refractivity contribution in [3.63, 3.8) is 0 Å². The van der Waals surface area contributed by atoms with Gasteiger partial charge in [-0.3, -0.25) is 9.69 Å². The van der Waals surface area contributed by atoms with Gasteiger partial charge in [0.05, 0.1) is 24.0 Å². The second kappa shape index (κ2) is 6.51. The number of carbonyl (C=O) groups is 1. The van der Waals surface area contributed by atoms with Crippen LogP contribution in [0.2, 0.25) is 0 Å². The van der Waals surface area contributed by atoms with Gasteiger partial charge in [0.1, 0.15) is 6.17 Å². The van der Waals surface area contributed by atoms with Crippen LogP contribution in [0.25, 0.3) is 5.69 Å². The van der Waals surface area contributed by atoms with E-state index in [1.165, 1.54) is 16.8 Å². The molecule has 1 unspecified atom stereocenters. The van der Waals surface area contributed by atoms with Gasteiger partial charge in [-0.25, -0.2) is 4.68 Å². The lowest BCUT2D eigenvalue weighted by Gasteiger charge is -2.23. The fourth-order valence-corrected chi connectivity index (χ4v) is 2.92. The quantitative estimate of drug-likeness (QED) is 0.920. The Bertz CT molecular complexity index is 752. The van der Waals surface area contributed by atoms with Crippen LogP contribution in [0.4, 0.5) is 13.2 Å². The molecule has 1 fully saturated rings. The van der Waals surface area contributed by atoms with Crippen molar-refractivity contribution < 1.29 is 18.0 Å². The molecule has 134 valence electrons. The molecule has 0 saturated carbocycles. The van der Waals surface area contributed by atoms with Gasteiger partial charge in [-0.2, -0.15) is 18.3 Å². The zero-order chi connectivity index (χ0) is 18.2. The highest BCUT2D eigenvalue weighted by molar-refractivity contribution is 5.80. The minimum atomic E-state index is -4.36. The Morgan fingerprint density at radius 1 is 1.28 bits per heavy atom. The highest BCUT2D eigenvalue weighted by Crippen LogP contribution is 2.30. The van der Waals surface area contributed by atoms with E-state index < -0.39 is 11.7 Å². The van der Waals surface area contributed by atoms with E-state index in [0.29, 0.717) is 18.2 Å². The smallest absolute Gasteiger partial charge is 0.335 e. The maximum atomic E-state index is 12.6. The summed E-state index contributed by atoms with van der Waals surface area (Å²) in [6.45, 7) is 5.24. The number of hydrogen-bond donors (Lipinski definition) is 1. The molecule has 2 heterocycles. The second-order valence-electron chi connectivity index (χ2n) is 6.56. The second-order valence-corrected chi connectivity index (χ2v) is 6.56. The maximum Gasteiger partial charge on any atom is 0.416 e. The molecule has 1 aromatic heterocycles. The van der Waals surface area contributed by atoms with Crippen LogP contribution in [0.1, 0.15) is 31.1 Å². The zero-order valence-corrected chi connectivity index (χ0v) is 13.9. The van der Waals surface area contributed by atoms with Crippen molar-refractivity contribution in [2.45, 2.75) is 26.2 Å². The van der Waals surface area contributed by atoms with E-state index >= 15 is 0 Å². The fourth-order valence-electron chi connectivity index (χ4n) is 2.92. The van der Waals surface area contributed by atoms with Crippen molar-refractivity contribution in [2.75, 3.05) is 13.1 Å². The molecule has 1 N–H and O–H groups in total. The molecule has 0 spiro atoms. The van der Waals surface area contributed by atoms with Crippen LogP contribution in [-0.2, 0) is 11.0 Å². The minimum Gasteiger partial charge on any atom is -0.335 e. The Hall–Kier alpha value is -2.35. The van der Waals surface area contributed by atoms with E-state index in [2.05, 4.69) is 24.3 Å². The first-order valence-corrected chi connectivity index (χ1v) is 7.99. The summed E-state index contributed by atoms with van der Waals surface area (Å²) >= 11 is 0. The van der Waals surface area contributed by atoms with Crippen LogP contribution in [-0.4, -0.2) is 33.7 Å². The predicted octanol–water partition coefficient (Wildman–Crippen LogP) is 2.98. The number of nitrogens with one attached hydrogen (secondary N) is 1. The Kier molecular flexibility index (Phi) is 4.55. The van der Waals surface area contributed by atoms with Crippen molar-refractivity contribution in [1.82, 2.24) is 20.0 Å². The van der Waals surface area contributed by atoms with E-state index in [9.17, 15) is 18.0 Å². The lowest BCUT2D eigenvalue weighted by Crippen LogP contribution is -2.30. The fraction of sp³-hybridized carbons (Fsp3) is 0.412. The van der Waals surface area contributed by atoms with Crippen molar-refractivity contribution in [1.29, 1.82) is 0 Å². The molecule has 1 saturated heterocycles.